The predicted octanol–water partition coefficient (Wildman–Crippen LogP) is 18.9. The number of nitrogens with zero attached hydrogens (tertiary/aromatic N) is 2. The molecule has 8 aromatic heterocycles. The van der Waals surface area contributed by atoms with Crippen molar-refractivity contribution in [2.45, 2.75) is 104 Å². The van der Waals surface area contributed by atoms with Crippen molar-refractivity contribution in [2.24, 2.45) is 0 Å². The first kappa shape index (κ1) is 53.9. The fourth-order valence-electron chi connectivity index (χ4n) is 3.87. The lowest BCUT2D eigenvalue weighted by Gasteiger charge is -1.83. The average molecular weight is 973 g/mol. The van der Waals surface area contributed by atoms with Crippen molar-refractivity contribution < 1.29 is 4.42 Å². The highest BCUT2D eigenvalue weighted by Crippen LogP contribution is 2.31. The number of hydrogen-bond donors (Lipinski definition) is 0. The Bertz CT molecular complexity index is 2020. The second kappa shape index (κ2) is 29.2. The molecule has 0 aliphatic heterocycles. The summed E-state index contributed by atoms with van der Waals surface area (Å²) in [5.41, 5.74) is 6.15. The van der Waals surface area contributed by atoms with E-state index in [4.69, 9.17) is 39.2 Å². The largest absolute Gasteiger partial charge is 0.469 e. The highest BCUT2D eigenvalue weighted by atomic mass is 35.5. The maximum atomic E-state index is 5.67. The molecule has 0 aromatic carbocycles. The van der Waals surface area contributed by atoms with E-state index < -0.39 is 0 Å². The van der Waals surface area contributed by atoms with E-state index in [0.29, 0.717) is 9.36 Å². The van der Waals surface area contributed by atoms with Crippen LogP contribution in [-0.4, -0.2) is 9.97 Å². The number of thiazole rings is 2. The first-order chi connectivity index (χ1) is 27.2. The van der Waals surface area contributed by atoms with Gasteiger partial charge in [0.25, 0.3) is 0 Å². The summed E-state index contributed by atoms with van der Waals surface area (Å²) < 4.78 is 5.78. The summed E-state index contributed by atoms with van der Waals surface area (Å²) in [5, 5.41) is 12.0. The molecular formula is C45H57Cl3N2OS7. The molecule has 0 saturated heterocycles. The molecule has 0 aliphatic carbocycles. The molecule has 0 atom stereocenters. The lowest BCUT2D eigenvalue weighted by atomic mass is 10.2. The molecule has 0 unspecified atom stereocenters. The Morgan fingerprint density at radius 2 is 1.14 bits per heavy atom. The van der Waals surface area contributed by atoms with Crippen LogP contribution in [0.4, 0.5) is 0 Å². The zero-order valence-electron chi connectivity index (χ0n) is 36.2. The van der Waals surface area contributed by atoms with Gasteiger partial charge in [-0.2, -0.15) is 0 Å². The molecule has 58 heavy (non-hydrogen) atoms. The van der Waals surface area contributed by atoms with Crippen LogP contribution >= 0.6 is 114 Å². The number of thiophene rings is 5. The first-order valence-electron chi connectivity index (χ1n) is 18.1. The minimum atomic E-state index is 0.684. The van der Waals surface area contributed by atoms with Gasteiger partial charge in [0.05, 0.1) is 32.0 Å². The van der Waals surface area contributed by atoms with Gasteiger partial charge in [0.15, 0.2) is 0 Å². The molecule has 8 heterocycles. The predicted molar refractivity (Wildman–Crippen MR) is 271 cm³/mol. The van der Waals surface area contributed by atoms with Crippen LogP contribution in [0.15, 0.2) is 74.8 Å². The van der Waals surface area contributed by atoms with Crippen LogP contribution in [0, 0.1) is 104 Å². The number of rotatable bonds is 0. The first-order valence-corrected chi connectivity index (χ1v) is 25.2. The van der Waals surface area contributed by atoms with E-state index in [1.165, 1.54) is 72.9 Å². The zero-order valence-corrected chi connectivity index (χ0v) is 44.2. The van der Waals surface area contributed by atoms with E-state index in [2.05, 4.69) is 106 Å². The monoisotopic (exact) mass is 970 g/mol. The van der Waals surface area contributed by atoms with Crippen LogP contribution in [0.1, 0.15) is 77.9 Å². The molecule has 0 aliphatic rings. The quantitative estimate of drug-likeness (QED) is 0.152. The van der Waals surface area contributed by atoms with Crippen molar-refractivity contribution in [2.75, 3.05) is 0 Å². The Morgan fingerprint density at radius 1 is 0.517 bits per heavy atom. The maximum Gasteiger partial charge on any atom is 0.112 e. The van der Waals surface area contributed by atoms with Crippen molar-refractivity contribution in [3.63, 3.8) is 0 Å². The Balaban J connectivity index is 0.000000332. The lowest BCUT2D eigenvalue weighted by Crippen LogP contribution is -1.71. The fraction of sp³-hybridized carbons (Fsp3) is 0.333. The van der Waals surface area contributed by atoms with Gasteiger partial charge in [-0.15, -0.1) is 79.4 Å². The molecule has 0 bridgehead atoms. The second-order valence-electron chi connectivity index (χ2n) is 12.8. The van der Waals surface area contributed by atoms with Gasteiger partial charge in [-0.05, 0) is 178 Å². The molecule has 0 spiro atoms. The molecular weight excluding hydrogens is 915 g/mol. The van der Waals surface area contributed by atoms with E-state index >= 15 is 0 Å². The van der Waals surface area contributed by atoms with Gasteiger partial charge in [-0.3, -0.25) is 0 Å². The molecule has 316 valence electrons. The Hall–Kier alpha value is -2.09. The van der Waals surface area contributed by atoms with E-state index in [1.807, 2.05) is 82.8 Å². The third-order valence-electron chi connectivity index (χ3n) is 7.71. The summed E-state index contributed by atoms with van der Waals surface area (Å²) in [6.45, 7) is 30.9. The summed E-state index contributed by atoms with van der Waals surface area (Å²) in [6.07, 6.45) is 3.67. The second-order valence-corrected chi connectivity index (χ2v) is 22.8. The van der Waals surface area contributed by atoms with Gasteiger partial charge in [0, 0.05) is 40.3 Å². The minimum absolute atomic E-state index is 0.684. The van der Waals surface area contributed by atoms with Gasteiger partial charge < -0.3 is 4.42 Å². The Labute approximate surface area is 391 Å². The summed E-state index contributed by atoms with van der Waals surface area (Å²) in [5.74, 6) is 1.03. The molecule has 0 radical (unpaired) electrons. The molecule has 0 saturated carbocycles. The van der Waals surface area contributed by atoms with Crippen molar-refractivity contribution in [1.82, 2.24) is 9.97 Å². The highest BCUT2D eigenvalue weighted by molar-refractivity contribution is 7.15. The third-order valence-corrected chi connectivity index (χ3v) is 15.6. The molecule has 8 aromatic rings. The van der Waals surface area contributed by atoms with Crippen LogP contribution in [0.2, 0.25) is 14.4 Å². The SMILES string of the molecule is Cc1ccc(C)s1.Cc1cccs1.Cc1ccsc1C.Cc1cnc(C)s1.Cc1coc(C)c1C.Cc1csc(Cl)c1Cl.Cc1nc(C)c(C)s1.Cc1sccc1Cl. The van der Waals surface area contributed by atoms with E-state index in [1.54, 1.807) is 62.9 Å². The summed E-state index contributed by atoms with van der Waals surface area (Å²) >= 11 is 29.0. The number of aromatic nitrogens is 2. The number of furan rings is 1. The third kappa shape index (κ3) is 23.1. The number of hydrogen-bond acceptors (Lipinski definition) is 10. The van der Waals surface area contributed by atoms with Gasteiger partial charge in [0.2, 0.25) is 0 Å². The summed E-state index contributed by atoms with van der Waals surface area (Å²) in [6, 6.07) is 12.5. The van der Waals surface area contributed by atoms with Gasteiger partial charge in [-0.1, -0.05) is 40.9 Å². The summed E-state index contributed by atoms with van der Waals surface area (Å²) in [7, 11) is 0. The fourth-order valence-corrected chi connectivity index (χ4v) is 9.46. The Kier molecular flexibility index (Phi) is 27.2. The lowest BCUT2D eigenvalue weighted by molar-refractivity contribution is 0.530. The molecule has 13 heteroatoms. The number of halogens is 3. The van der Waals surface area contributed by atoms with Crippen molar-refractivity contribution in [3.05, 3.63) is 163 Å². The number of aryl methyl sites for hydroxylation is 14. The standard InChI is InChI=1S/C7H10O.C6H9NS.2C6H8S.C5H4Cl2S.C5H5ClS.C5H7NS.C5H6S/c1-5-4-8-7(3)6(5)2;1-4-5(2)8-6(3)7-4;1-5-3-4-7-6(5)2;1-5-3-4-6(2)7-5;1-3-2-8-5(7)4(3)6;1-4-5(6)2-3-7-4;1-4-3-6-5(2)7-4;1-5-3-2-4-6-5/h4H,1-3H3;1-3H3;2*3-4H,1-2H3;2H,1H3;2-3H,1H3;3H,1-2H3;2-4H,1H3. The van der Waals surface area contributed by atoms with Crippen LogP contribution in [0.3, 0.4) is 0 Å². The van der Waals surface area contributed by atoms with Crippen molar-refractivity contribution in [3.8, 4) is 0 Å². The van der Waals surface area contributed by atoms with E-state index in [0.717, 1.165) is 21.4 Å². The zero-order chi connectivity index (χ0) is 43.9. The maximum absolute atomic E-state index is 5.67. The molecule has 0 N–H and O–H groups in total. The molecule has 8 rings (SSSR count). The van der Waals surface area contributed by atoms with E-state index in [-0.39, 0.29) is 0 Å². The molecule has 3 nitrogen and oxygen atoms in total. The van der Waals surface area contributed by atoms with Gasteiger partial charge in [-0.25, -0.2) is 9.97 Å². The average Bonchev–Trinajstić information content (AvgIpc) is 4.08. The minimum Gasteiger partial charge on any atom is -0.469 e. The smallest absolute Gasteiger partial charge is 0.112 e. The van der Waals surface area contributed by atoms with E-state index in [9.17, 15) is 0 Å². The molecule has 0 amide bonds. The van der Waals surface area contributed by atoms with Crippen LogP contribution < -0.4 is 0 Å². The van der Waals surface area contributed by atoms with Crippen molar-refractivity contribution >= 4 is 114 Å². The Morgan fingerprint density at radius 3 is 1.28 bits per heavy atom. The van der Waals surface area contributed by atoms with Gasteiger partial charge >= 0.3 is 0 Å². The normalized spacial score (nSPS) is 9.55. The topological polar surface area (TPSA) is 38.9 Å². The van der Waals surface area contributed by atoms with Crippen molar-refractivity contribution in [1.29, 1.82) is 0 Å². The molecule has 0 fully saturated rings. The summed E-state index contributed by atoms with van der Waals surface area (Å²) in [4.78, 5) is 17.7. The van der Waals surface area contributed by atoms with Crippen LogP contribution in [-0.2, 0) is 0 Å². The van der Waals surface area contributed by atoms with Crippen LogP contribution in [0.25, 0.3) is 0 Å². The highest BCUT2D eigenvalue weighted by Gasteiger charge is 2.01. The van der Waals surface area contributed by atoms with Gasteiger partial charge in [0.1, 0.15) is 10.1 Å². The van der Waals surface area contributed by atoms with Crippen LogP contribution in [0.5, 0.6) is 0 Å².